The second kappa shape index (κ2) is 6.36. The lowest BCUT2D eigenvalue weighted by molar-refractivity contribution is 0.223. The Morgan fingerprint density at radius 2 is 1.15 bits per heavy atom. The highest BCUT2D eigenvalue weighted by atomic mass is 16.3. The van der Waals surface area contributed by atoms with E-state index in [9.17, 15) is 10.2 Å². The van der Waals surface area contributed by atoms with Crippen molar-refractivity contribution in [2.75, 3.05) is 19.0 Å². The molecule has 0 fully saturated rings. The summed E-state index contributed by atoms with van der Waals surface area (Å²) in [7, 11) is 4.04. The van der Waals surface area contributed by atoms with Crippen molar-refractivity contribution in [3.63, 3.8) is 0 Å². The third-order valence-electron chi connectivity index (χ3n) is 4.94. The predicted octanol–water partition coefficient (Wildman–Crippen LogP) is 4.85. The first-order valence-electron chi connectivity index (χ1n) is 8.65. The largest absolute Gasteiger partial charge is 0.507 e. The number of phenols is 1. The van der Waals surface area contributed by atoms with Gasteiger partial charge in [0.25, 0.3) is 0 Å². The van der Waals surface area contributed by atoms with E-state index >= 15 is 0 Å². The zero-order chi connectivity index (χ0) is 18.3. The molecule has 3 heteroatoms. The van der Waals surface area contributed by atoms with E-state index in [-0.39, 0.29) is 5.75 Å². The molecule has 0 aliphatic rings. The lowest BCUT2D eigenvalue weighted by Crippen LogP contribution is -2.10. The molecule has 0 aliphatic carbocycles. The monoisotopic (exact) mass is 343 g/mol. The molecule has 130 valence electrons. The van der Waals surface area contributed by atoms with Gasteiger partial charge < -0.3 is 15.1 Å². The van der Waals surface area contributed by atoms with E-state index in [2.05, 4.69) is 11.0 Å². The average molecular weight is 343 g/mol. The first-order valence-corrected chi connectivity index (χ1v) is 8.65. The minimum atomic E-state index is -0.776. The smallest absolute Gasteiger partial charge is 0.123 e. The number of fused-ring (bicyclic) bond motifs is 2. The lowest BCUT2D eigenvalue weighted by Gasteiger charge is -2.21. The Morgan fingerprint density at radius 1 is 0.654 bits per heavy atom. The topological polar surface area (TPSA) is 43.7 Å². The van der Waals surface area contributed by atoms with E-state index in [0.717, 1.165) is 38.4 Å². The van der Waals surface area contributed by atoms with Crippen molar-refractivity contribution in [3.8, 4) is 5.75 Å². The summed E-state index contributed by atoms with van der Waals surface area (Å²) in [5.74, 6) is 0.226. The summed E-state index contributed by atoms with van der Waals surface area (Å²) >= 11 is 0. The van der Waals surface area contributed by atoms with Gasteiger partial charge in [0.05, 0.1) is 0 Å². The van der Waals surface area contributed by atoms with Gasteiger partial charge in [-0.05, 0) is 34.0 Å². The fraction of sp³-hybridized carbons (Fsp3) is 0.130. The van der Waals surface area contributed by atoms with Crippen molar-refractivity contribution < 1.29 is 10.2 Å². The Hall–Kier alpha value is -3.04. The summed E-state index contributed by atoms with van der Waals surface area (Å²) < 4.78 is 0. The van der Waals surface area contributed by atoms with Crippen molar-refractivity contribution in [3.05, 3.63) is 83.9 Å². The molecule has 4 aromatic carbocycles. The van der Waals surface area contributed by atoms with Crippen LogP contribution in [0.4, 0.5) is 5.69 Å². The molecule has 0 amide bonds. The molecule has 4 rings (SSSR count). The molecule has 2 N–H and O–H groups in total. The van der Waals surface area contributed by atoms with Gasteiger partial charge in [-0.15, -0.1) is 0 Å². The first kappa shape index (κ1) is 16.4. The number of hydrogen-bond acceptors (Lipinski definition) is 3. The Kier molecular flexibility index (Phi) is 4.02. The van der Waals surface area contributed by atoms with Crippen LogP contribution in [0.15, 0.2) is 72.8 Å². The standard InChI is InChI=1S/C23H21NO2/c1-24(2)21-13-11-19(15-7-3-5-9-17(15)21)23(26)20-12-14-22(25)18-10-6-4-8-16(18)20/h3-14,23,25-26H,1-2H3/t23-/m0/s1. The van der Waals surface area contributed by atoms with Crippen molar-refractivity contribution >= 4 is 27.2 Å². The molecule has 0 unspecified atom stereocenters. The van der Waals surface area contributed by atoms with Gasteiger partial charge in [0.15, 0.2) is 0 Å². The number of hydrogen-bond donors (Lipinski definition) is 2. The summed E-state index contributed by atoms with van der Waals surface area (Å²) in [6.45, 7) is 0. The summed E-state index contributed by atoms with van der Waals surface area (Å²) in [6.07, 6.45) is -0.776. The van der Waals surface area contributed by atoms with Crippen LogP contribution in [-0.4, -0.2) is 24.3 Å². The van der Waals surface area contributed by atoms with Crippen LogP contribution < -0.4 is 4.90 Å². The summed E-state index contributed by atoms with van der Waals surface area (Å²) in [5.41, 5.74) is 2.77. The van der Waals surface area contributed by atoms with Gasteiger partial charge >= 0.3 is 0 Å². The summed E-state index contributed by atoms with van der Waals surface area (Å²) in [6, 6.07) is 23.2. The van der Waals surface area contributed by atoms with E-state index in [1.165, 1.54) is 0 Å². The third kappa shape index (κ3) is 2.57. The molecule has 0 saturated carbocycles. The number of rotatable bonds is 3. The fourth-order valence-electron chi connectivity index (χ4n) is 3.65. The van der Waals surface area contributed by atoms with Gasteiger partial charge in [-0.3, -0.25) is 0 Å². The normalized spacial score (nSPS) is 12.4. The molecule has 0 spiro atoms. The maximum atomic E-state index is 11.2. The highest BCUT2D eigenvalue weighted by molar-refractivity contribution is 5.98. The van der Waals surface area contributed by atoms with E-state index in [0.29, 0.717) is 0 Å². The van der Waals surface area contributed by atoms with Crippen LogP contribution in [0.3, 0.4) is 0 Å². The van der Waals surface area contributed by atoms with Crippen LogP contribution in [0.2, 0.25) is 0 Å². The van der Waals surface area contributed by atoms with Crippen LogP contribution in [0.25, 0.3) is 21.5 Å². The van der Waals surface area contributed by atoms with E-state index in [1.54, 1.807) is 12.1 Å². The predicted molar refractivity (Wildman–Crippen MR) is 108 cm³/mol. The molecule has 4 aromatic rings. The molecule has 0 aromatic heterocycles. The van der Waals surface area contributed by atoms with Crippen molar-refractivity contribution in [1.29, 1.82) is 0 Å². The number of nitrogens with zero attached hydrogens (tertiary/aromatic N) is 1. The van der Waals surface area contributed by atoms with Gasteiger partial charge in [0, 0.05) is 30.6 Å². The van der Waals surface area contributed by atoms with Gasteiger partial charge in [0.2, 0.25) is 0 Å². The Balaban J connectivity index is 1.95. The van der Waals surface area contributed by atoms with Gasteiger partial charge in [-0.1, -0.05) is 60.7 Å². The summed E-state index contributed by atoms with van der Waals surface area (Å²) in [5, 5.41) is 25.1. The molecule has 0 bridgehead atoms. The van der Waals surface area contributed by atoms with Crippen LogP contribution >= 0.6 is 0 Å². The third-order valence-corrected chi connectivity index (χ3v) is 4.94. The average Bonchev–Trinajstić information content (AvgIpc) is 2.67. The number of anilines is 1. The highest BCUT2D eigenvalue weighted by Crippen LogP contribution is 2.37. The Labute approximate surface area is 152 Å². The van der Waals surface area contributed by atoms with E-state index < -0.39 is 6.10 Å². The van der Waals surface area contributed by atoms with Crippen molar-refractivity contribution in [2.24, 2.45) is 0 Å². The van der Waals surface area contributed by atoms with Crippen LogP contribution in [-0.2, 0) is 0 Å². The fourth-order valence-corrected chi connectivity index (χ4v) is 3.65. The minimum Gasteiger partial charge on any atom is -0.507 e. The Morgan fingerprint density at radius 3 is 1.77 bits per heavy atom. The van der Waals surface area contributed by atoms with E-state index in [4.69, 9.17) is 0 Å². The first-order chi connectivity index (χ1) is 12.6. The molecular weight excluding hydrogens is 322 g/mol. The molecule has 0 radical (unpaired) electrons. The lowest BCUT2D eigenvalue weighted by atomic mass is 9.91. The number of aromatic hydroxyl groups is 1. The minimum absolute atomic E-state index is 0.226. The SMILES string of the molecule is CN(C)c1ccc([C@H](O)c2ccc(O)c3ccccc23)c2ccccc12. The quantitative estimate of drug-likeness (QED) is 0.559. The van der Waals surface area contributed by atoms with Crippen LogP contribution in [0.5, 0.6) is 5.75 Å². The summed E-state index contributed by atoms with van der Waals surface area (Å²) in [4.78, 5) is 2.08. The number of benzene rings is 4. The molecule has 0 saturated heterocycles. The maximum absolute atomic E-state index is 11.2. The molecule has 3 nitrogen and oxygen atoms in total. The van der Waals surface area contributed by atoms with Crippen molar-refractivity contribution in [1.82, 2.24) is 0 Å². The van der Waals surface area contributed by atoms with Crippen molar-refractivity contribution in [2.45, 2.75) is 6.10 Å². The zero-order valence-electron chi connectivity index (χ0n) is 14.8. The maximum Gasteiger partial charge on any atom is 0.123 e. The van der Waals surface area contributed by atoms with Gasteiger partial charge in [0.1, 0.15) is 11.9 Å². The molecule has 26 heavy (non-hydrogen) atoms. The van der Waals surface area contributed by atoms with Crippen LogP contribution in [0, 0.1) is 0 Å². The highest BCUT2D eigenvalue weighted by Gasteiger charge is 2.18. The second-order valence-electron chi connectivity index (χ2n) is 6.74. The second-order valence-corrected chi connectivity index (χ2v) is 6.74. The molecule has 0 aliphatic heterocycles. The number of aliphatic hydroxyl groups excluding tert-OH is 1. The van der Waals surface area contributed by atoms with Gasteiger partial charge in [-0.25, -0.2) is 0 Å². The Bertz CT molecular complexity index is 1100. The van der Waals surface area contributed by atoms with E-state index in [1.807, 2.05) is 68.7 Å². The molecule has 1 atom stereocenters. The number of phenolic OH excluding ortho intramolecular Hbond substituents is 1. The molecule has 0 heterocycles. The van der Waals surface area contributed by atoms with Gasteiger partial charge in [-0.2, -0.15) is 0 Å². The zero-order valence-corrected chi connectivity index (χ0v) is 14.8. The molecular formula is C23H21NO2. The van der Waals surface area contributed by atoms with Crippen LogP contribution in [0.1, 0.15) is 17.2 Å². The number of aliphatic hydroxyl groups is 1.